The number of nitrogens with two attached hydrogens (primary N) is 1. The van der Waals surface area contributed by atoms with Crippen LogP contribution in [-0.2, 0) is 6.42 Å². The molecule has 0 bridgehead atoms. The van der Waals surface area contributed by atoms with E-state index in [-0.39, 0.29) is 0 Å². The Kier molecular flexibility index (Phi) is 6.37. The minimum atomic E-state index is 0.700. The lowest BCUT2D eigenvalue weighted by Crippen LogP contribution is -2.39. The molecule has 4 nitrogen and oxygen atoms in total. The predicted octanol–water partition coefficient (Wildman–Crippen LogP) is 3.48. The fraction of sp³-hybridized carbons (Fsp3) is 0.667. The molecule has 22 heavy (non-hydrogen) atoms. The zero-order valence-corrected chi connectivity index (χ0v) is 14.2. The monoisotopic (exact) mass is 306 g/mol. The SMILES string of the molecule is CCC1CCCCN1CCCc1cc(OC)c(OC)cc1N. The molecule has 1 aromatic rings. The van der Waals surface area contributed by atoms with Gasteiger partial charge in [-0.2, -0.15) is 0 Å². The highest BCUT2D eigenvalue weighted by molar-refractivity contribution is 5.58. The number of hydrogen-bond acceptors (Lipinski definition) is 4. The van der Waals surface area contributed by atoms with Gasteiger partial charge >= 0.3 is 0 Å². The van der Waals surface area contributed by atoms with Crippen LogP contribution in [0.15, 0.2) is 12.1 Å². The highest BCUT2D eigenvalue weighted by Gasteiger charge is 2.20. The van der Waals surface area contributed by atoms with Crippen molar-refractivity contribution in [2.24, 2.45) is 0 Å². The summed E-state index contributed by atoms with van der Waals surface area (Å²) in [5.41, 5.74) is 8.09. The molecule has 0 aromatic heterocycles. The molecule has 0 amide bonds. The fourth-order valence-corrected chi connectivity index (χ4v) is 3.44. The molecule has 124 valence electrons. The van der Waals surface area contributed by atoms with Crippen LogP contribution in [0.3, 0.4) is 0 Å². The Bertz CT molecular complexity index is 476. The first-order chi connectivity index (χ1) is 10.7. The van der Waals surface area contributed by atoms with Crippen LogP contribution in [-0.4, -0.2) is 38.3 Å². The maximum Gasteiger partial charge on any atom is 0.162 e. The summed E-state index contributed by atoms with van der Waals surface area (Å²) in [6.45, 7) is 4.71. The van der Waals surface area contributed by atoms with E-state index in [1.807, 2.05) is 12.1 Å². The smallest absolute Gasteiger partial charge is 0.162 e. The summed E-state index contributed by atoms with van der Waals surface area (Å²) < 4.78 is 10.7. The van der Waals surface area contributed by atoms with Gasteiger partial charge in [0.2, 0.25) is 0 Å². The van der Waals surface area contributed by atoms with Crippen molar-refractivity contribution in [3.63, 3.8) is 0 Å². The van der Waals surface area contributed by atoms with E-state index < -0.39 is 0 Å². The number of nitrogen functional groups attached to an aromatic ring is 1. The van der Waals surface area contributed by atoms with Gasteiger partial charge in [0.05, 0.1) is 14.2 Å². The van der Waals surface area contributed by atoms with Crippen LogP contribution in [0.4, 0.5) is 5.69 Å². The van der Waals surface area contributed by atoms with Gasteiger partial charge in [0, 0.05) is 17.8 Å². The summed E-state index contributed by atoms with van der Waals surface area (Å²) >= 11 is 0. The van der Waals surface area contributed by atoms with E-state index in [1.54, 1.807) is 14.2 Å². The van der Waals surface area contributed by atoms with Crippen LogP contribution in [0.25, 0.3) is 0 Å². The molecule has 2 rings (SSSR count). The van der Waals surface area contributed by atoms with Gasteiger partial charge < -0.3 is 20.1 Å². The minimum Gasteiger partial charge on any atom is -0.493 e. The molecule has 1 unspecified atom stereocenters. The van der Waals surface area contributed by atoms with Gasteiger partial charge in [-0.1, -0.05) is 13.3 Å². The Hall–Kier alpha value is -1.42. The van der Waals surface area contributed by atoms with Crippen LogP contribution < -0.4 is 15.2 Å². The molecule has 0 aliphatic carbocycles. The molecule has 2 N–H and O–H groups in total. The third-order valence-electron chi connectivity index (χ3n) is 4.76. The van der Waals surface area contributed by atoms with Crippen molar-refractivity contribution < 1.29 is 9.47 Å². The number of benzene rings is 1. The molecule has 1 aromatic carbocycles. The summed E-state index contributed by atoms with van der Waals surface area (Å²) in [6.07, 6.45) is 7.47. The first-order valence-electron chi connectivity index (χ1n) is 8.44. The van der Waals surface area contributed by atoms with Crippen LogP contribution in [0.1, 0.15) is 44.6 Å². The average Bonchev–Trinajstić information content (AvgIpc) is 2.56. The van der Waals surface area contributed by atoms with Gasteiger partial charge in [0.1, 0.15) is 0 Å². The highest BCUT2D eigenvalue weighted by Crippen LogP contribution is 2.32. The topological polar surface area (TPSA) is 47.7 Å². The third kappa shape index (κ3) is 4.07. The van der Waals surface area contributed by atoms with Crippen molar-refractivity contribution in [3.05, 3.63) is 17.7 Å². The molecule has 1 atom stereocenters. The maximum absolute atomic E-state index is 6.14. The largest absolute Gasteiger partial charge is 0.493 e. The lowest BCUT2D eigenvalue weighted by atomic mass is 9.99. The summed E-state index contributed by atoms with van der Waals surface area (Å²) in [7, 11) is 3.30. The Labute approximate surface area is 134 Å². The van der Waals surface area contributed by atoms with Crippen LogP contribution in [0.5, 0.6) is 11.5 Å². The molecule has 1 fully saturated rings. The number of likely N-dealkylation sites (tertiary alicyclic amines) is 1. The van der Waals surface area contributed by atoms with Gasteiger partial charge in [0.15, 0.2) is 11.5 Å². The molecule has 0 spiro atoms. The van der Waals surface area contributed by atoms with Crippen LogP contribution in [0, 0.1) is 0 Å². The second-order valence-corrected chi connectivity index (χ2v) is 6.10. The van der Waals surface area contributed by atoms with Crippen molar-refractivity contribution in [2.45, 2.75) is 51.5 Å². The molecule has 1 aliphatic heterocycles. The lowest BCUT2D eigenvalue weighted by Gasteiger charge is -2.35. The molecular weight excluding hydrogens is 276 g/mol. The predicted molar refractivity (Wildman–Crippen MR) is 91.8 cm³/mol. The van der Waals surface area contributed by atoms with Gasteiger partial charge in [-0.25, -0.2) is 0 Å². The number of methoxy groups -OCH3 is 2. The van der Waals surface area contributed by atoms with E-state index >= 15 is 0 Å². The molecule has 0 saturated carbocycles. The summed E-state index contributed by atoms with van der Waals surface area (Å²) in [4.78, 5) is 2.65. The Morgan fingerprint density at radius 2 is 1.91 bits per heavy atom. The van der Waals surface area contributed by atoms with E-state index in [0.29, 0.717) is 5.75 Å². The van der Waals surface area contributed by atoms with E-state index in [2.05, 4.69) is 11.8 Å². The van der Waals surface area contributed by atoms with Crippen LogP contribution >= 0.6 is 0 Å². The van der Waals surface area contributed by atoms with Gasteiger partial charge in [0.25, 0.3) is 0 Å². The standard InChI is InChI=1S/C18H30N2O2/c1-4-15-9-5-6-10-20(15)11-7-8-14-12-17(21-2)18(22-3)13-16(14)19/h12-13,15H,4-11,19H2,1-3H3. The third-order valence-corrected chi connectivity index (χ3v) is 4.76. The number of piperidine rings is 1. The Morgan fingerprint density at radius 3 is 2.59 bits per heavy atom. The first kappa shape index (κ1) is 16.9. The molecule has 1 heterocycles. The molecule has 4 heteroatoms. The summed E-state index contributed by atoms with van der Waals surface area (Å²) in [5.74, 6) is 1.46. The Morgan fingerprint density at radius 1 is 1.18 bits per heavy atom. The van der Waals surface area contributed by atoms with E-state index in [4.69, 9.17) is 15.2 Å². The Balaban J connectivity index is 1.93. The summed E-state index contributed by atoms with van der Waals surface area (Å²) in [6, 6.07) is 4.66. The lowest BCUT2D eigenvalue weighted by molar-refractivity contribution is 0.142. The van der Waals surface area contributed by atoms with Crippen molar-refractivity contribution in [3.8, 4) is 11.5 Å². The number of rotatable bonds is 7. The fourth-order valence-electron chi connectivity index (χ4n) is 3.44. The number of ether oxygens (including phenoxy) is 2. The molecule has 1 saturated heterocycles. The first-order valence-corrected chi connectivity index (χ1v) is 8.44. The zero-order chi connectivity index (χ0) is 15.9. The molecule has 1 aliphatic rings. The second-order valence-electron chi connectivity index (χ2n) is 6.10. The zero-order valence-electron chi connectivity index (χ0n) is 14.2. The van der Waals surface area contributed by atoms with E-state index in [9.17, 15) is 0 Å². The number of anilines is 1. The maximum atomic E-state index is 6.14. The van der Waals surface area contributed by atoms with Crippen molar-refractivity contribution in [2.75, 3.05) is 33.0 Å². The van der Waals surface area contributed by atoms with Crippen molar-refractivity contribution in [1.82, 2.24) is 4.90 Å². The second kappa shape index (κ2) is 8.28. The number of nitrogens with zero attached hydrogens (tertiary/aromatic N) is 1. The van der Waals surface area contributed by atoms with Gasteiger partial charge in [-0.3, -0.25) is 0 Å². The van der Waals surface area contributed by atoms with E-state index in [1.165, 1.54) is 32.2 Å². The highest BCUT2D eigenvalue weighted by atomic mass is 16.5. The number of aryl methyl sites for hydroxylation is 1. The van der Waals surface area contributed by atoms with Gasteiger partial charge in [-0.05, 0) is 56.8 Å². The molecule has 0 radical (unpaired) electrons. The summed E-state index contributed by atoms with van der Waals surface area (Å²) in [5, 5.41) is 0. The minimum absolute atomic E-state index is 0.700. The van der Waals surface area contributed by atoms with Crippen molar-refractivity contribution in [1.29, 1.82) is 0 Å². The average molecular weight is 306 g/mol. The quantitative estimate of drug-likeness (QED) is 0.783. The van der Waals surface area contributed by atoms with E-state index in [0.717, 1.165) is 42.4 Å². The number of hydrogen-bond donors (Lipinski definition) is 1. The molecular formula is C18H30N2O2. The normalized spacial score (nSPS) is 19.1. The van der Waals surface area contributed by atoms with Gasteiger partial charge in [-0.15, -0.1) is 0 Å². The van der Waals surface area contributed by atoms with Crippen LogP contribution in [0.2, 0.25) is 0 Å². The van der Waals surface area contributed by atoms with Crippen molar-refractivity contribution >= 4 is 5.69 Å².